The van der Waals surface area contributed by atoms with Gasteiger partial charge >= 0.3 is 0 Å². The molecule has 8 nitrogen and oxygen atoms in total. The van der Waals surface area contributed by atoms with Gasteiger partial charge in [-0.15, -0.1) is 24.3 Å². The molecule has 0 bridgehead atoms. The van der Waals surface area contributed by atoms with E-state index in [1.807, 2.05) is 50.2 Å². The molecule has 0 heterocycles. The first-order valence-corrected chi connectivity index (χ1v) is 26.9. The van der Waals surface area contributed by atoms with Gasteiger partial charge in [-0.25, -0.2) is 0 Å². The van der Waals surface area contributed by atoms with Gasteiger partial charge < -0.3 is 19.8 Å². The minimum Gasteiger partial charge on any atom is -0.443 e. The zero-order valence-corrected chi connectivity index (χ0v) is 45.8. The number of fused-ring (bicyclic) bond motifs is 10. The quantitative estimate of drug-likeness (QED) is 0.0642. The summed E-state index contributed by atoms with van der Waals surface area (Å²) in [6.07, 6.45) is 26.9. The fraction of sp³-hybridized carbons (Fsp3) is 0.613. The van der Waals surface area contributed by atoms with Gasteiger partial charge in [-0.3, -0.25) is 19.2 Å². The Morgan fingerprint density at radius 1 is 0.507 bits per heavy atom. The summed E-state index contributed by atoms with van der Waals surface area (Å²) in [5.74, 6) is 6.52. The van der Waals surface area contributed by atoms with Gasteiger partial charge in [0.05, 0.1) is 0 Å². The second kappa shape index (κ2) is 23.2. The van der Waals surface area contributed by atoms with Gasteiger partial charge in [-0.05, 0) is 161 Å². The van der Waals surface area contributed by atoms with Crippen LogP contribution in [0.2, 0.25) is 0 Å². The van der Waals surface area contributed by atoms with Crippen LogP contribution in [0.5, 0.6) is 0 Å². The van der Waals surface area contributed by atoms with Crippen LogP contribution >= 0.6 is 0 Å². The van der Waals surface area contributed by atoms with E-state index in [1.165, 1.54) is 90.9 Å². The zero-order valence-electron chi connectivity index (χ0n) is 44.3. The largest absolute Gasteiger partial charge is 0.443 e. The maximum absolute atomic E-state index is 12.2. The number of hydrogen-bond acceptors (Lipinski definition) is 2. The Bertz CT molecular complexity index is 2160. The molecule has 0 aliphatic heterocycles. The van der Waals surface area contributed by atoms with Crippen LogP contribution < -0.4 is 0 Å². The van der Waals surface area contributed by atoms with Gasteiger partial charge in [0, 0.05) is 73.1 Å². The van der Waals surface area contributed by atoms with E-state index in [9.17, 15) is 19.2 Å². The Labute approximate surface area is 440 Å². The molecule has 9 heteroatoms. The van der Waals surface area contributed by atoms with E-state index in [0.29, 0.717) is 45.4 Å². The Kier molecular flexibility index (Phi) is 18.5. The van der Waals surface area contributed by atoms with Gasteiger partial charge in [0.1, 0.15) is 11.6 Å². The number of rotatable bonds is 8. The van der Waals surface area contributed by atoms with Crippen molar-refractivity contribution in [2.75, 3.05) is 0 Å². The molecule has 2 aromatic rings. The van der Waals surface area contributed by atoms with Crippen molar-refractivity contribution in [3.05, 3.63) is 108 Å². The third-order valence-electron chi connectivity index (χ3n) is 20.0. The van der Waals surface area contributed by atoms with Crippen molar-refractivity contribution in [2.24, 2.45) is 69.0 Å². The second-order valence-electron chi connectivity index (χ2n) is 24.0. The fourth-order valence-corrected chi connectivity index (χ4v) is 16.4. The molecule has 8 N–H and O–H groups in total. The van der Waals surface area contributed by atoms with Crippen LogP contribution in [0, 0.1) is 81.8 Å². The minimum atomic E-state index is 0. The first-order chi connectivity index (χ1) is 33.1. The molecule has 6 fully saturated rings. The third-order valence-corrected chi connectivity index (χ3v) is 20.0. The summed E-state index contributed by atoms with van der Waals surface area (Å²) in [7, 11) is 0. The maximum atomic E-state index is 12.2. The molecule has 10 rings (SSSR count). The maximum Gasteiger partial charge on any atom is 0.247 e. The van der Waals surface area contributed by atoms with Crippen LogP contribution in [-0.2, 0) is 31.3 Å². The van der Waals surface area contributed by atoms with Gasteiger partial charge in [-0.2, -0.15) is 0 Å². The van der Waals surface area contributed by atoms with Gasteiger partial charge in [0.15, 0.2) is 12.2 Å². The molecular weight excluding hydrogens is 921 g/mol. The van der Waals surface area contributed by atoms with E-state index in [4.69, 9.17) is 19.8 Å². The van der Waals surface area contributed by atoms with Crippen molar-refractivity contribution in [2.45, 2.75) is 170 Å². The average molecular weight is 1010 g/mol. The molecule has 14 unspecified atom stereocenters. The van der Waals surface area contributed by atoms with Crippen molar-refractivity contribution in [3.63, 3.8) is 0 Å². The monoisotopic (exact) mass is 1010 g/mol. The van der Waals surface area contributed by atoms with Crippen LogP contribution in [0.3, 0.4) is 0 Å². The van der Waals surface area contributed by atoms with Crippen molar-refractivity contribution < 1.29 is 60.7 Å². The number of Topliss-reactive ketones (excluding diaryl/α,β-unsaturated/α-hetero) is 2. The van der Waals surface area contributed by atoms with E-state index in [2.05, 4.69) is 39.8 Å². The molecule has 0 spiro atoms. The molecular formula is C62H88O8Ti+4. The normalized spacial score (nSPS) is 36.9. The minimum absolute atomic E-state index is 0. The summed E-state index contributed by atoms with van der Waals surface area (Å²) >= 11 is 0. The summed E-state index contributed by atoms with van der Waals surface area (Å²) in [4.78, 5) is 60.8. The molecule has 0 saturated heterocycles. The fourth-order valence-electron chi connectivity index (χ4n) is 16.4. The number of ketones is 6. The average Bonchev–Trinajstić information content (AvgIpc) is 3.87. The summed E-state index contributed by atoms with van der Waals surface area (Å²) < 4.78 is 0. The van der Waals surface area contributed by atoms with E-state index in [1.54, 1.807) is 35.4 Å². The van der Waals surface area contributed by atoms with Crippen molar-refractivity contribution in [1.29, 1.82) is 0 Å². The first kappa shape index (κ1) is 56.6. The summed E-state index contributed by atoms with van der Waals surface area (Å²) in [5, 5.41) is 16.3. The van der Waals surface area contributed by atoms with Crippen LogP contribution in [0.15, 0.2) is 84.0 Å². The predicted octanol–water partition coefficient (Wildman–Crippen LogP) is 11.2. The molecule has 8 aliphatic carbocycles. The standard InChI is InChI=1S/2C21H32O2.2C10H9O2.Ti/c2*1-13(22)17-6-7-18-16-5-4-14-12-15(23)8-10-20(14,2)19(16)9-11-21(17,18)3;2*1-8(11)7-10(12)9-5-3-2-4-6-9;/h2*4,15-19,23H,5-12H2,1-3H3;2*2-7H,1H3;/q;;2*-1;/p+6. The Morgan fingerprint density at radius 2 is 0.859 bits per heavy atom. The number of allylic oxidation sites excluding steroid dienone is 2. The van der Waals surface area contributed by atoms with Crippen LogP contribution in [-0.4, -0.2) is 76.3 Å². The van der Waals surface area contributed by atoms with Gasteiger partial charge in [0.25, 0.3) is 0 Å². The van der Waals surface area contributed by atoms with Crippen LogP contribution in [0.25, 0.3) is 0 Å². The summed E-state index contributed by atoms with van der Waals surface area (Å²) in [5.41, 5.74) is 5.86. The second-order valence-corrected chi connectivity index (χ2v) is 24.0. The summed E-state index contributed by atoms with van der Waals surface area (Å²) in [6, 6.07) is 18.1. The molecule has 6 saturated carbocycles. The SMILES string of the molecule is CC(=O)C1CCC2C3CC=C4CC([OH2+])CCC4(C)C3CCC12C.CC(=O)C1CCC2C3CC=C4CC([OH2+])CCC4(C)C3CCC12C.CC(=[OH+])[CH-]C(=[OH+])c1ccccc1.CC(=[OH+])[CH-]C(=[OH+])c1ccccc1.[Ti]. The van der Waals surface area contributed by atoms with Crippen molar-refractivity contribution >= 4 is 34.7 Å². The molecule has 0 aromatic heterocycles. The molecule has 384 valence electrons. The molecule has 71 heavy (non-hydrogen) atoms. The van der Waals surface area contributed by atoms with Gasteiger partial charge in [0.2, 0.25) is 23.1 Å². The van der Waals surface area contributed by atoms with E-state index in [0.717, 1.165) is 74.0 Å². The molecule has 0 amide bonds. The van der Waals surface area contributed by atoms with Crippen LogP contribution in [0.4, 0.5) is 0 Å². The predicted molar refractivity (Wildman–Crippen MR) is 285 cm³/mol. The smallest absolute Gasteiger partial charge is 0.247 e. The van der Waals surface area contributed by atoms with E-state index >= 15 is 0 Å². The Hall–Kier alpha value is -3.69. The van der Waals surface area contributed by atoms with E-state index < -0.39 is 0 Å². The van der Waals surface area contributed by atoms with Crippen LogP contribution in [0.1, 0.15) is 169 Å². The van der Waals surface area contributed by atoms with Crippen molar-refractivity contribution in [1.82, 2.24) is 0 Å². The van der Waals surface area contributed by atoms with E-state index in [-0.39, 0.29) is 67.9 Å². The Morgan fingerprint density at radius 3 is 1.18 bits per heavy atom. The first-order valence-electron chi connectivity index (χ1n) is 26.9. The zero-order chi connectivity index (χ0) is 50.8. The third kappa shape index (κ3) is 11.8. The molecule has 8 aliphatic rings. The van der Waals surface area contributed by atoms with Gasteiger partial charge in [-0.1, -0.05) is 98.5 Å². The molecule has 14 atom stereocenters. The number of hydrogen-bond donors (Lipinski definition) is 0. The summed E-state index contributed by atoms with van der Waals surface area (Å²) in [6.45, 7) is 16.5. The Balaban J connectivity index is 0.000000162. The van der Waals surface area contributed by atoms with Crippen molar-refractivity contribution in [3.8, 4) is 0 Å². The topological polar surface area (TPSA) is 166 Å². The number of carbonyl (C=O) groups is 2. The molecule has 0 radical (unpaired) electrons. The number of carbonyl (C=O) groups excluding carboxylic acids is 6. The molecule has 2 aromatic carbocycles. The number of benzene rings is 2.